The molecule has 0 radical (unpaired) electrons. The molecule has 0 saturated carbocycles. The van der Waals surface area contributed by atoms with Gasteiger partial charge in [0.15, 0.2) is 0 Å². The fourth-order valence-corrected chi connectivity index (χ4v) is 1.26. The molecule has 4 N–H and O–H groups in total. The van der Waals surface area contributed by atoms with Gasteiger partial charge in [-0.25, -0.2) is 0 Å². The summed E-state index contributed by atoms with van der Waals surface area (Å²) in [6.45, 7) is 2.06. The topological polar surface area (TPSA) is 83.5 Å². The number of aromatic hydroxyl groups is 1. The molecule has 0 heterocycles. The predicted molar refractivity (Wildman–Crippen MR) is 73.1 cm³/mol. The highest BCUT2D eigenvalue weighted by Gasteiger charge is 1.93. The minimum absolute atomic E-state index is 0.254. The first-order valence-corrected chi connectivity index (χ1v) is 5.99. The Hall–Kier alpha value is -1.97. The molecule has 4 heteroatoms. The Morgan fingerprint density at radius 2 is 2.00 bits per heavy atom. The van der Waals surface area contributed by atoms with E-state index in [0.29, 0.717) is 6.42 Å². The monoisotopic (exact) mass is 251 g/mol. The second-order valence-electron chi connectivity index (χ2n) is 3.77. The van der Waals surface area contributed by atoms with Crippen molar-refractivity contribution in [1.82, 2.24) is 0 Å². The summed E-state index contributed by atoms with van der Waals surface area (Å²) in [6.07, 6.45) is 6.32. The van der Waals surface area contributed by atoms with Crippen LogP contribution in [0.1, 0.15) is 38.2 Å². The van der Waals surface area contributed by atoms with Crippen LogP contribution in [0.5, 0.6) is 5.75 Å². The number of carboxylic acid groups (broad SMARTS) is 1. The Labute approximate surface area is 108 Å². The molecule has 0 saturated heterocycles. The van der Waals surface area contributed by atoms with Crippen LogP contribution in [0.2, 0.25) is 0 Å². The van der Waals surface area contributed by atoms with Crippen molar-refractivity contribution in [3.63, 3.8) is 0 Å². The van der Waals surface area contributed by atoms with Gasteiger partial charge < -0.3 is 15.9 Å². The molecule has 0 aliphatic rings. The lowest BCUT2D eigenvalue weighted by Crippen LogP contribution is -1.92. The van der Waals surface area contributed by atoms with Crippen LogP contribution < -0.4 is 5.73 Å². The van der Waals surface area contributed by atoms with Gasteiger partial charge in [0.1, 0.15) is 5.75 Å². The van der Waals surface area contributed by atoms with Crippen molar-refractivity contribution in [3.8, 4) is 5.75 Å². The summed E-state index contributed by atoms with van der Waals surface area (Å²) in [5, 5.41) is 17.3. The van der Waals surface area contributed by atoms with E-state index in [0.717, 1.165) is 24.8 Å². The molecule has 0 atom stereocenters. The van der Waals surface area contributed by atoms with Crippen molar-refractivity contribution in [2.24, 2.45) is 5.73 Å². The van der Waals surface area contributed by atoms with Crippen LogP contribution in [0.3, 0.4) is 0 Å². The zero-order valence-corrected chi connectivity index (χ0v) is 10.7. The molecule has 4 nitrogen and oxygen atoms in total. The summed E-state index contributed by atoms with van der Waals surface area (Å²) < 4.78 is 0. The van der Waals surface area contributed by atoms with Crippen molar-refractivity contribution in [2.75, 3.05) is 0 Å². The summed E-state index contributed by atoms with van der Waals surface area (Å²) in [5.41, 5.74) is 5.88. The average molecular weight is 251 g/mol. The van der Waals surface area contributed by atoms with E-state index >= 15 is 0 Å². The smallest absolute Gasteiger partial charge is 0.303 e. The van der Waals surface area contributed by atoms with Gasteiger partial charge in [0, 0.05) is 12.0 Å². The van der Waals surface area contributed by atoms with Crippen molar-refractivity contribution in [2.45, 2.75) is 32.6 Å². The van der Waals surface area contributed by atoms with Crippen LogP contribution >= 0.6 is 0 Å². The molecular weight excluding hydrogens is 230 g/mol. The van der Waals surface area contributed by atoms with Crippen LogP contribution in [-0.4, -0.2) is 16.2 Å². The highest BCUT2D eigenvalue weighted by molar-refractivity contribution is 5.66. The molecule has 0 aliphatic carbocycles. The van der Waals surface area contributed by atoms with Crippen LogP contribution in [0.25, 0.3) is 6.08 Å². The molecule has 0 amide bonds. The van der Waals surface area contributed by atoms with Gasteiger partial charge in [-0.15, -0.1) is 0 Å². The van der Waals surface area contributed by atoms with Gasteiger partial charge in [0.2, 0.25) is 0 Å². The molecule has 0 aromatic heterocycles. The van der Waals surface area contributed by atoms with Gasteiger partial charge in [-0.05, 0) is 24.8 Å². The number of aliphatic carboxylic acids is 1. The second kappa shape index (κ2) is 10.2. The first kappa shape index (κ1) is 16.0. The number of phenols is 1. The maximum absolute atomic E-state index is 9.87. The SMILES string of the molecule is CCCCCC(=O)O.NC=Cc1ccccc1O. The fraction of sp³-hybridized carbons (Fsp3) is 0.357. The Morgan fingerprint density at radius 1 is 1.33 bits per heavy atom. The number of carboxylic acids is 1. The third kappa shape index (κ3) is 8.21. The molecule has 1 aromatic carbocycles. The molecule has 0 spiro atoms. The second-order valence-corrected chi connectivity index (χ2v) is 3.77. The molecular formula is C14H21NO3. The van der Waals surface area contributed by atoms with Gasteiger partial charge in [0.25, 0.3) is 0 Å². The Balaban J connectivity index is 0.000000331. The van der Waals surface area contributed by atoms with Gasteiger partial charge >= 0.3 is 5.97 Å². The lowest BCUT2D eigenvalue weighted by molar-refractivity contribution is -0.137. The third-order valence-corrected chi connectivity index (χ3v) is 2.21. The van der Waals surface area contributed by atoms with Gasteiger partial charge in [-0.3, -0.25) is 4.79 Å². The third-order valence-electron chi connectivity index (χ3n) is 2.21. The number of carbonyl (C=O) groups is 1. The average Bonchev–Trinajstić information content (AvgIpc) is 2.33. The minimum atomic E-state index is -0.682. The molecule has 0 aliphatic heterocycles. The summed E-state index contributed by atoms with van der Waals surface area (Å²) in [7, 11) is 0. The molecule has 18 heavy (non-hydrogen) atoms. The van der Waals surface area contributed by atoms with Crippen LogP contribution in [0.15, 0.2) is 30.5 Å². The minimum Gasteiger partial charge on any atom is -0.507 e. The Kier molecular flexibility index (Phi) is 9.08. The molecule has 0 fully saturated rings. The van der Waals surface area contributed by atoms with Crippen molar-refractivity contribution < 1.29 is 15.0 Å². The van der Waals surface area contributed by atoms with E-state index in [4.69, 9.17) is 15.9 Å². The highest BCUT2D eigenvalue weighted by Crippen LogP contribution is 2.15. The van der Waals surface area contributed by atoms with Gasteiger partial charge in [-0.2, -0.15) is 0 Å². The largest absolute Gasteiger partial charge is 0.507 e. The van der Waals surface area contributed by atoms with Crippen LogP contribution in [0.4, 0.5) is 0 Å². The molecule has 100 valence electrons. The zero-order valence-electron chi connectivity index (χ0n) is 10.7. The van der Waals surface area contributed by atoms with E-state index in [1.54, 1.807) is 24.3 Å². The number of benzene rings is 1. The van der Waals surface area contributed by atoms with Crippen LogP contribution in [-0.2, 0) is 4.79 Å². The van der Waals surface area contributed by atoms with E-state index in [9.17, 15) is 4.79 Å². The number of hydrogen-bond acceptors (Lipinski definition) is 3. The quantitative estimate of drug-likeness (QED) is 0.702. The fourth-order valence-electron chi connectivity index (χ4n) is 1.26. The van der Waals surface area contributed by atoms with E-state index in [2.05, 4.69) is 6.92 Å². The summed E-state index contributed by atoms with van der Waals surface area (Å²) in [4.78, 5) is 9.87. The molecule has 0 unspecified atom stereocenters. The normalized spacial score (nSPS) is 9.83. The van der Waals surface area contributed by atoms with Gasteiger partial charge in [0.05, 0.1) is 0 Å². The van der Waals surface area contributed by atoms with Crippen LogP contribution in [0, 0.1) is 0 Å². The molecule has 1 rings (SSSR count). The summed E-state index contributed by atoms with van der Waals surface area (Å²) in [6, 6.07) is 7.02. The summed E-state index contributed by atoms with van der Waals surface area (Å²) >= 11 is 0. The van der Waals surface area contributed by atoms with Crippen molar-refractivity contribution in [1.29, 1.82) is 0 Å². The van der Waals surface area contributed by atoms with E-state index in [1.165, 1.54) is 6.20 Å². The van der Waals surface area contributed by atoms with E-state index in [1.807, 2.05) is 6.07 Å². The lowest BCUT2D eigenvalue weighted by atomic mass is 10.2. The number of hydrogen-bond donors (Lipinski definition) is 3. The first-order chi connectivity index (χ1) is 8.61. The Morgan fingerprint density at radius 3 is 2.50 bits per heavy atom. The molecule has 1 aromatic rings. The Bertz CT molecular complexity index is 375. The lowest BCUT2D eigenvalue weighted by Gasteiger charge is -1.94. The van der Waals surface area contributed by atoms with E-state index < -0.39 is 5.97 Å². The zero-order chi connectivity index (χ0) is 13.8. The maximum Gasteiger partial charge on any atom is 0.303 e. The number of rotatable bonds is 5. The number of phenolic OH excluding ortho intramolecular Hbond substituents is 1. The van der Waals surface area contributed by atoms with Gasteiger partial charge in [-0.1, -0.05) is 38.0 Å². The van der Waals surface area contributed by atoms with Crippen molar-refractivity contribution in [3.05, 3.63) is 36.0 Å². The van der Waals surface area contributed by atoms with Crippen molar-refractivity contribution >= 4 is 12.0 Å². The number of para-hydroxylation sites is 1. The highest BCUT2D eigenvalue weighted by atomic mass is 16.4. The molecule has 0 bridgehead atoms. The van der Waals surface area contributed by atoms with E-state index in [-0.39, 0.29) is 5.75 Å². The number of nitrogens with two attached hydrogens (primary N) is 1. The summed E-state index contributed by atoms with van der Waals surface area (Å²) in [5.74, 6) is -0.428. The standard InChI is InChI=1S/C8H9NO.C6H12O2/c9-6-5-7-3-1-2-4-8(7)10;1-2-3-4-5-6(7)8/h1-6,10H,9H2;2-5H2,1H3,(H,7,8). The first-order valence-electron chi connectivity index (χ1n) is 5.99. The number of unbranched alkanes of at least 4 members (excludes halogenated alkanes) is 2. The maximum atomic E-state index is 9.87. The predicted octanol–water partition coefficient (Wildman–Crippen LogP) is 2.97.